The van der Waals surface area contributed by atoms with Crippen LogP contribution in [0.15, 0.2) is 97.1 Å². The summed E-state index contributed by atoms with van der Waals surface area (Å²) in [5, 5.41) is 82.6. The molecule has 4 aromatic rings. The first kappa shape index (κ1) is 51.9. The molecule has 0 aromatic heterocycles. The number of carbonyl (C=O) groups is 8. The van der Waals surface area contributed by atoms with Crippen LogP contribution >= 0.6 is 0 Å². The summed E-state index contributed by atoms with van der Waals surface area (Å²) in [5.41, 5.74) is -2.91. The minimum Gasteiger partial charge on any atom is -0.545 e. The third-order valence-electron chi connectivity index (χ3n) is 5.47. The van der Waals surface area contributed by atoms with Crippen molar-refractivity contribution < 1.29 is 105 Å². The molecule has 0 atom stereocenters. The van der Waals surface area contributed by atoms with E-state index in [9.17, 15) is 79.2 Å². The van der Waals surface area contributed by atoms with Gasteiger partial charge in [-0.05, 0) is 0 Å². The van der Waals surface area contributed by atoms with Gasteiger partial charge in [0.1, 0.15) is 0 Å². The van der Waals surface area contributed by atoms with E-state index in [2.05, 4.69) is 0 Å². The quantitative estimate of drug-likeness (QED) is 0.148. The standard InChI is InChI=1S/4C8H6O4.Ba.Sr.Zr/c4*9-7(10)5-3-1-2-4-6(5)8(11)12;;;/h4*1-4H,(H,9,10)(H,11,12);;;/q;;;;2*+2;+4/p-8. The number of aromatic carboxylic acids is 8. The first-order valence-corrected chi connectivity index (χ1v) is 12.6. The molecule has 0 saturated carbocycles. The molecule has 0 fully saturated rings. The molecule has 0 bridgehead atoms. The second kappa shape index (κ2) is 26.4. The van der Waals surface area contributed by atoms with Gasteiger partial charge in [-0.1, -0.05) is 97.1 Å². The predicted octanol–water partition coefficient (Wildman–Crippen LogP) is -7.11. The third-order valence-corrected chi connectivity index (χ3v) is 5.47. The van der Waals surface area contributed by atoms with E-state index in [0.29, 0.717) is 0 Å². The van der Waals surface area contributed by atoms with Crippen molar-refractivity contribution in [1.82, 2.24) is 0 Å². The van der Waals surface area contributed by atoms with E-state index in [0.717, 1.165) is 48.5 Å². The molecule has 0 aliphatic heterocycles. The van der Waals surface area contributed by atoms with E-state index in [1.807, 2.05) is 0 Å². The summed E-state index contributed by atoms with van der Waals surface area (Å²) in [6.07, 6.45) is 0. The molecule has 0 amide bonds. The summed E-state index contributed by atoms with van der Waals surface area (Å²) in [5.74, 6) is -12.1. The Hall–Kier alpha value is -3.42. The van der Waals surface area contributed by atoms with Gasteiger partial charge in [0.05, 0.1) is 47.8 Å². The molecule has 0 heterocycles. The Morgan fingerprint density at radius 2 is 0.353 bits per heavy atom. The normalized spacial score (nSPS) is 8.78. The van der Waals surface area contributed by atoms with Crippen LogP contribution in [0.2, 0.25) is 0 Å². The maximum Gasteiger partial charge on any atom is 4.00 e. The van der Waals surface area contributed by atoms with Crippen molar-refractivity contribution >= 4 is 142 Å². The third kappa shape index (κ3) is 17.6. The molecule has 0 spiro atoms. The molecule has 0 saturated heterocycles. The summed E-state index contributed by atoms with van der Waals surface area (Å²) in [4.78, 5) is 82.6. The SMILES string of the molecule is O=C([O-])c1ccccc1C(=O)[O-].O=C([O-])c1ccccc1C(=O)[O-].O=C([O-])c1ccccc1C(=O)[O-].O=C([O-])c1ccccc1C(=O)[O-].[Ba+2].[Sr+2].[Zr+4]. The number of carbonyl (C=O) groups excluding carboxylic acids is 8. The number of carboxylic acid groups (broad SMARTS) is 8. The largest absolute Gasteiger partial charge is 4.00 e. The van der Waals surface area contributed by atoms with Gasteiger partial charge >= 0.3 is 121 Å². The zero-order chi connectivity index (χ0) is 36.6. The number of carboxylic acids is 8. The van der Waals surface area contributed by atoms with E-state index >= 15 is 0 Å². The van der Waals surface area contributed by atoms with Gasteiger partial charge in [-0.3, -0.25) is 0 Å². The summed E-state index contributed by atoms with van der Waals surface area (Å²) >= 11 is 0. The van der Waals surface area contributed by atoms with Crippen LogP contribution in [0.4, 0.5) is 0 Å². The Bertz CT molecular complexity index is 1480. The predicted molar refractivity (Wildman–Crippen MR) is 152 cm³/mol. The Balaban J connectivity index is -0.000000591. The van der Waals surface area contributed by atoms with E-state index in [1.54, 1.807) is 0 Å². The van der Waals surface area contributed by atoms with Gasteiger partial charge in [0.2, 0.25) is 0 Å². The first-order valence-electron chi connectivity index (χ1n) is 12.6. The number of hydrogen-bond acceptors (Lipinski definition) is 16. The van der Waals surface area contributed by atoms with Crippen LogP contribution in [0.5, 0.6) is 0 Å². The minimum atomic E-state index is -1.52. The molecule has 4 rings (SSSR count). The average molecular weight is 973 g/mol. The number of rotatable bonds is 8. The summed E-state index contributed by atoms with van der Waals surface area (Å²) in [6, 6.07) is 20.5. The topological polar surface area (TPSA) is 321 Å². The van der Waals surface area contributed by atoms with E-state index in [-0.39, 0.29) is 165 Å². The Morgan fingerprint density at radius 1 is 0.275 bits per heavy atom. The van der Waals surface area contributed by atoms with Crippen LogP contribution in [0, 0.1) is 0 Å². The summed E-state index contributed by atoms with van der Waals surface area (Å²) in [6.45, 7) is 0. The Morgan fingerprint density at radius 3 is 0.412 bits per heavy atom. The average Bonchev–Trinajstić information content (AvgIpc) is 3.05. The fourth-order valence-corrected chi connectivity index (χ4v) is 3.36. The van der Waals surface area contributed by atoms with Crippen LogP contribution in [0.25, 0.3) is 0 Å². The van der Waals surface area contributed by atoms with Gasteiger partial charge in [-0.25, -0.2) is 0 Å². The molecule has 0 N–H and O–H groups in total. The van der Waals surface area contributed by atoms with E-state index in [4.69, 9.17) is 0 Å². The molecule has 19 heteroatoms. The fraction of sp³-hybridized carbons (Fsp3) is 0. The smallest absolute Gasteiger partial charge is 0.545 e. The maximum atomic E-state index is 10.3. The van der Waals surface area contributed by atoms with Gasteiger partial charge in [-0.15, -0.1) is 0 Å². The van der Waals surface area contributed by atoms with Crippen LogP contribution in [-0.4, -0.2) is 142 Å². The van der Waals surface area contributed by atoms with Gasteiger partial charge in [0.15, 0.2) is 0 Å². The van der Waals surface area contributed by atoms with Crippen molar-refractivity contribution in [3.05, 3.63) is 142 Å². The van der Waals surface area contributed by atoms with Crippen molar-refractivity contribution in [2.45, 2.75) is 0 Å². The van der Waals surface area contributed by atoms with Crippen molar-refractivity contribution in [3.63, 3.8) is 0 Å². The summed E-state index contributed by atoms with van der Waals surface area (Å²) < 4.78 is 0. The van der Waals surface area contributed by atoms with Crippen molar-refractivity contribution in [2.75, 3.05) is 0 Å². The second-order valence-corrected chi connectivity index (χ2v) is 8.48. The molecule has 4 aromatic carbocycles. The molecule has 0 aliphatic carbocycles. The van der Waals surface area contributed by atoms with E-state index in [1.165, 1.54) is 48.5 Å². The summed E-state index contributed by atoms with van der Waals surface area (Å²) in [7, 11) is 0. The zero-order valence-corrected chi connectivity index (χ0v) is 36.1. The molecule has 248 valence electrons. The van der Waals surface area contributed by atoms with Gasteiger partial charge in [0, 0.05) is 44.5 Å². The Kier molecular flexibility index (Phi) is 26.9. The van der Waals surface area contributed by atoms with Crippen molar-refractivity contribution in [3.8, 4) is 0 Å². The molecule has 51 heavy (non-hydrogen) atoms. The Labute approximate surface area is 383 Å². The van der Waals surface area contributed by atoms with Gasteiger partial charge in [0.25, 0.3) is 0 Å². The van der Waals surface area contributed by atoms with Crippen molar-refractivity contribution in [2.24, 2.45) is 0 Å². The van der Waals surface area contributed by atoms with E-state index < -0.39 is 47.8 Å². The van der Waals surface area contributed by atoms with Crippen molar-refractivity contribution in [1.29, 1.82) is 0 Å². The number of benzene rings is 4. The molecular formula is C32H16BaO16SrZr. The second-order valence-electron chi connectivity index (χ2n) is 8.48. The first-order chi connectivity index (χ1) is 22.5. The van der Waals surface area contributed by atoms with Crippen LogP contribution in [0.3, 0.4) is 0 Å². The molecular weight excluding hydrogens is 957 g/mol. The zero-order valence-electron chi connectivity index (χ0n) is 25.7. The number of hydrogen-bond donors (Lipinski definition) is 0. The van der Waals surface area contributed by atoms with Gasteiger partial charge in [-0.2, -0.15) is 0 Å². The maximum absolute atomic E-state index is 10.3. The van der Waals surface area contributed by atoms with Gasteiger partial charge < -0.3 is 79.2 Å². The minimum absolute atomic E-state index is 0. The molecule has 0 unspecified atom stereocenters. The van der Waals surface area contributed by atoms with Crippen LogP contribution in [-0.2, 0) is 26.2 Å². The molecule has 0 aliphatic rings. The fourth-order valence-electron chi connectivity index (χ4n) is 3.36. The monoisotopic (exact) mass is 972 g/mol. The van der Waals surface area contributed by atoms with Crippen LogP contribution in [0.1, 0.15) is 82.9 Å². The molecule has 16 nitrogen and oxygen atoms in total. The molecule has 0 radical (unpaired) electrons. The van der Waals surface area contributed by atoms with Crippen LogP contribution < -0.4 is 40.9 Å².